The summed E-state index contributed by atoms with van der Waals surface area (Å²) in [6.45, 7) is 4.18. The fraction of sp³-hybridized carbons (Fsp3) is 0.227. The fourth-order valence-corrected chi connectivity index (χ4v) is 4.40. The quantitative estimate of drug-likeness (QED) is 0.674. The number of hydrogen-bond donors (Lipinski definition) is 2. The molecule has 1 aromatic heterocycles. The van der Waals surface area contributed by atoms with E-state index in [0.717, 1.165) is 31.7 Å². The predicted octanol–water partition coefficient (Wildman–Crippen LogP) is 3.91. The van der Waals surface area contributed by atoms with Crippen molar-refractivity contribution in [3.05, 3.63) is 76.3 Å². The molecule has 7 heteroatoms. The Morgan fingerprint density at radius 3 is 2.55 bits per heavy atom. The number of amides is 2. The highest BCUT2D eigenvalue weighted by Crippen LogP contribution is 2.29. The summed E-state index contributed by atoms with van der Waals surface area (Å²) < 4.78 is 0. The van der Waals surface area contributed by atoms with Gasteiger partial charge < -0.3 is 5.32 Å². The molecule has 4 rings (SSSR count). The number of fused-ring (bicyclic) bond motifs is 1. The third kappa shape index (κ3) is 4.88. The SMILES string of the molecule is CC(=O)Nc1ccc(C(=O)Nc2nc3c(s2)CN(Cc2ccccc2)CC3)cc1. The van der Waals surface area contributed by atoms with Crippen LogP contribution in [0.1, 0.15) is 33.4 Å². The number of carbonyl (C=O) groups excluding carboxylic acids is 2. The first-order chi connectivity index (χ1) is 14.1. The van der Waals surface area contributed by atoms with Gasteiger partial charge in [-0.25, -0.2) is 4.98 Å². The van der Waals surface area contributed by atoms with Crippen LogP contribution < -0.4 is 10.6 Å². The van der Waals surface area contributed by atoms with E-state index in [9.17, 15) is 9.59 Å². The Bertz CT molecular complexity index is 1020. The predicted molar refractivity (Wildman–Crippen MR) is 115 cm³/mol. The second-order valence-corrected chi connectivity index (χ2v) is 8.13. The van der Waals surface area contributed by atoms with Crippen LogP contribution in [-0.2, 0) is 24.3 Å². The maximum Gasteiger partial charge on any atom is 0.257 e. The highest BCUT2D eigenvalue weighted by atomic mass is 32.1. The monoisotopic (exact) mass is 406 g/mol. The second-order valence-electron chi connectivity index (χ2n) is 7.05. The van der Waals surface area contributed by atoms with Gasteiger partial charge in [0.05, 0.1) is 5.69 Å². The molecule has 2 amide bonds. The Hall–Kier alpha value is -3.03. The van der Waals surface area contributed by atoms with Crippen molar-refractivity contribution in [1.29, 1.82) is 0 Å². The summed E-state index contributed by atoms with van der Waals surface area (Å²) in [5.41, 5.74) is 3.57. The molecule has 3 aromatic rings. The molecule has 2 N–H and O–H groups in total. The Balaban J connectivity index is 1.39. The first kappa shape index (κ1) is 19.3. The van der Waals surface area contributed by atoms with Crippen LogP contribution in [0.5, 0.6) is 0 Å². The van der Waals surface area contributed by atoms with E-state index in [-0.39, 0.29) is 11.8 Å². The van der Waals surface area contributed by atoms with Crippen LogP contribution in [0.4, 0.5) is 10.8 Å². The van der Waals surface area contributed by atoms with Gasteiger partial charge in [0, 0.05) is 49.1 Å². The number of carbonyl (C=O) groups is 2. The number of thiazole rings is 1. The average Bonchev–Trinajstić information content (AvgIpc) is 3.10. The first-order valence-corrected chi connectivity index (χ1v) is 10.3. The normalized spacial score (nSPS) is 13.6. The van der Waals surface area contributed by atoms with Crippen molar-refractivity contribution in [1.82, 2.24) is 9.88 Å². The zero-order valence-corrected chi connectivity index (χ0v) is 17.0. The summed E-state index contributed by atoms with van der Waals surface area (Å²) >= 11 is 1.54. The molecule has 29 heavy (non-hydrogen) atoms. The summed E-state index contributed by atoms with van der Waals surface area (Å²) in [7, 11) is 0. The molecule has 1 aliphatic heterocycles. The first-order valence-electron chi connectivity index (χ1n) is 9.51. The average molecular weight is 407 g/mol. The van der Waals surface area contributed by atoms with Gasteiger partial charge in [-0.15, -0.1) is 11.3 Å². The minimum Gasteiger partial charge on any atom is -0.326 e. The molecule has 0 radical (unpaired) electrons. The summed E-state index contributed by atoms with van der Waals surface area (Å²) in [6, 6.07) is 17.3. The van der Waals surface area contributed by atoms with Gasteiger partial charge in [-0.2, -0.15) is 0 Å². The fourth-order valence-electron chi connectivity index (χ4n) is 3.36. The van der Waals surface area contributed by atoms with Crippen LogP contribution in [0.25, 0.3) is 0 Å². The lowest BCUT2D eigenvalue weighted by Gasteiger charge is -2.25. The largest absolute Gasteiger partial charge is 0.326 e. The van der Waals surface area contributed by atoms with Gasteiger partial charge in [0.15, 0.2) is 5.13 Å². The van der Waals surface area contributed by atoms with E-state index in [4.69, 9.17) is 0 Å². The molecule has 0 aliphatic carbocycles. The molecule has 2 heterocycles. The molecule has 0 spiro atoms. The summed E-state index contributed by atoms with van der Waals surface area (Å²) in [5, 5.41) is 6.22. The van der Waals surface area contributed by atoms with Crippen molar-refractivity contribution in [3.63, 3.8) is 0 Å². The van der Waals surface area contributed by atoms with Crippen LogP contribution in [0, 0.1) is 0 Å². The highest BCUT2D eigenvalue weighted by Gasteiger charge is 2.21. The number of benzene rings is 2. The van der Waals surface area contributed by atoms with Crippen LogP contribution >= 0.6 is 11.3 Å². The molecule has 0 fully saturated rings. The maximum atomic E-state index is 12.5. The zero-order chi connectivity index (χ0) is 20.2. The van der Waals surface area contributed by atoms with Gasteiger partial charge in [0.2, 0.25) is 5.91 Å². The lowest BCUT2D eigenvalue weighted by Crippen LogP contribution is -2.29. The lowest BCUT2D eigenvalue weighted by molar-refractivity contribution is -0.114. The van der Waals surface area contributed by atoms with E-state index in [1.165, 1.54) is 17.4 Å². The maximum absolute atomic E-state index is 12.5. The highest BCUT2D eigenvalue weighted by molar-refractivity contribution is 7.15. The number of nitrogens with one attached hydrogen (secondary N) is 2. The lowest BCUT2D eigenvalue weighted by atomic mass is 10.1. The Morgan fingerprint density at radius 1 is 1.07 bits per heavy atom. The van der Waals surface area contributed by atoms with Crippen molar-refractivity contribution < 1.29 is 9.59 Å². The van der Waals surface area contributed by atoms with Gasteiger partial charge in [0.25, 0.3) is 5.91 Å². The number of hydrogen-bond acceptors (Lipinski definition) is 5. The second kappa shape index (κ2) is 8.55. The van der Waals surface area contributed by atoms with Gasteiger partial charge in [-0.05, 0) is 29.8 Å². The molecule has 148 valence electrons. The third-order valence-electron chi connectivity index (χ3n) is 4.75. The molecular formula is C22H22N4O2S. The van der Waals surface area contributed by atoms with Gasteiger partial charge in [-0.3, -0.25) is 19.8 Å². The van der Waals surface area contributed by atoms with Gasteiger partial charge in [0.1, 0.15) is 0 Å². The van der Waals surface area contributed by atoms with Gasteiger partial charge in [-0.1, -0.05) is 30.3 Å². The van der Waals surface area contributed by atoms with E-state index in [0.29, 0.717) is 16.4 Å². The van der Waals surface area contributed by atoms with Crippen molar-refractivity contribution in [2.75, 3.05) is 17.2 Å². The van der Waals surface area contributed by atoms with Crippen molar-refractivity contribution in [2.24, 2.45) is 0 Å². The van der Waals surface area contributed by atoms with E-state index < -0.39 is 0 Å². The smallest absolute Gasteiger partial charge is 0.257 e. The minimum absolute atomic E-state index is 0.142. The van der Waals surface area contributed by atoms with Crippen molar-refractivity contribution >= 4 is 34.0 Å². The van der Waals surface area contributed by atoms with E-state index >= 15 is 0 Å². The standard InChI is InChI=1S/C22H22N4O2S/c1-15(27)23-18-9-7-17(8-10-18)21(28)25-22-24-19-11-12-26(14-20(19)29-22)13-16-5-3-2-4-6-16/h2-10H,11-14H2,1H3,(H,23,27)(H,24,25,28). The molecule has 6 nitrogen and oxygen atoms in total. The molecule has 0 saturated carbocycles. The molecule has 0 unspecified atom stereocenters. The number of nitrogens with zero attached hydrogens (tertiary/aromatic N) is 2. The Kier molecular flexibility index (Phi) is 5.69. The van der Waals surface area contributed by atoms with Crippen molar-refractivity contribution in [2.45, 2.75) is 26.4 Å². The number of aromatic nitrogens is 1. The molecular weight excluding hydrogens is 384 g/mol. The van der Waals surface area contributed by atoms with Crippen LogP contribution in [0.15, 0.2) is 54.6 Å². The summed E-state index contributed by atoms with van der Waals surface area (Å²) in [6.07, 6.45) is 0.889. The van der Waals surface area contributed by atoms with Gasteiger partial charge >= 0.3 is 0 Å². The van der Waals surface area contributed by atoms with Crippen LogP contribution in [0.3, 0.4) is 0 Å². The van der Waals surface area contributed by atoms with Crippen molar-refractivity contribution in [3.8, 4) is 0 Å². The molecule has 1 aliphatic rings. The summed E-state index contributed by atoms with van der Waals surface area (Å²) in [4.78, 5) is 31.9. The zero-order valence-electron chi connectivity index (χ0n) is 16.1. The topological polar surface area (TPSA) is 74.3 Å². The summed E-state index contributed by atoms with van der Waals surface area (Å²) in [5.74, 6) is -0.344. The van der Waals surface area contributed by atoms with E-state index in [2.05, 4.69) is 44.8 Å². The minimum atomic E-state index is -0.202. The van der Waals surface area contributed by atoms with E-state index in [1.54, 1.807) is 35.6 Å². The molecule has 0 bridgehead atoms. The Morgan fingerprint density at radius 2 is 1.83 bits per heavy atom. The molecule has 0 saturated heterocycles. The van der Waals surface area contributed by atoms with Crippen LogP contribution in [0.2, 0.25) is 0 Å². The molecule has 2 aromatic carbocycles. The van der Waals surface area contributed by atoms with Crippen LogP contribution in [-0.4, -0.2) is 28.2 Å². The third-order valence-corrected chi connectivity index (χ3v) is 5.75. The van der Waals surface area contributed by atoms with E-state index in [1.807, 2.05) is 6.07 Å². The molecule has 0 atom stereocenters. The number of rotatable bonds is 5. The Labute approximate surface area is 173 Å². The number of anilines is 2.